The Morgan fingerprint density at radius 2 is 1.53 bits per heavy atom. The molecule has 0 bridgehead atoms. The summed E-state index contributed by atoms with van der Waals surface area (Å²) in [5.74, 6) is -0.256. The van der Waals surface area contributed by atoms with Gasteiger partial charge in [-0.2, -0.15) is 0 Å². The van der Waals surface area contributed by atoms with Crippen LogP contribution >= 0.6 is 11.8 Å². The Morgan fingerprint density at radius 3 is 2.14 bits per heavy atom. The second-order valence-corrected chi connectivity index (χ2v) is 11.6. The molecule has 0 aromatic heterocycles. The van der Waals surface area contributed by atoms with Gasteiger partial charge < -0.3 is 30.0 Å². The summed E-state index contributed by atoms with van der Waals surface area (Å²) in [6, 6.07) is 23.2. The van der Waals surface area contributed by atoms with Crippen LogP contribution in [0.4, 0.5) is 5.69 Å². The average Bonchev–Trinajstić information content (AvgIpc) is 3.00. The van der Waals surface area contributed by atoms with Crippen molar-refractivity contribution in [1.29, 1.82) is 0 Å². The predicted molar refractivity (Wildman–Crippen MR) is 164 cm³/mol. The first-order valence-corrected chi connectivity index (χ1v) is 15.2. The number of rotatable bonds is 11. The minimum atomic E-state index is -0.865. The Kier molecular flexibility index (Phi) is 11.4. The van der Waals surface area contributed by atoms with Crippen LogP contribution in [0.25, 0.3) is 0 Å². The van der Waals surface area contributed by atoms with Crippen LogP contribution in [-0.4, -0.2) is 40.9 Å². The van der Waals surface area contributed by atoms with E-state index in [4.69, 9.17) is 14.2 Å². The molecule has 1 heterocycles. The molecule has 5 atom stereocenters. The average molecular weight is 607 g/mol. The van der Waals surface area contributed by atoms with Crippen molar-refractivity contribution in [2.75, 3.05) is 11.1 Å². The fourth-order valence-corrected chi connectivity index (χ4v) is 5.82. The van der Waals surface area contributed by atoms with Crippen molar-refractivity contribution in [2.24, 2.45) is 5.92 Å². The predicted octanol–water partition coefficient (Wildman–Crippen LogP) is 5.29. The van der Waals surface area contributed by atoms with Crippen molar-refractivity contribution in [3.63, 3.8) is 0 Å². The van der Waals surface area contributed by atoms with Gasteiger partial charge in [0.15, 0.2) is 12.4 Å². The Balaban J connectivity index is 1.47. The van der Waals surface area contributed by atoms with Gasteiger partial charge in [0.05, 0.1) is 18.8 Å². The summed E-state index contributed by atoms with van der Waals surface area (Å²) in [4.78, 5) is 35.7. The van der Waals surface area contributed by atoms with Crippen LogP contribution in [0, 0.1) is 5.92 Å². The standard InChI is InChI=1S/C33H38N2O7S/c1-20-30(19-43-29-15-13-28(14-16-29)35-22(3)37)41-33(42-31(20)26-9-7-25(18-36)8-10-26)27-11-5-24(6-12-27)17-34-32(39)21(2)40-23(4)38/h5-16,20-21,30-31,33,36H,17-19H2,1-4H3,(H,34,39)(H,35,37)/t20-,21-,30+,31+,33?/m0/s1. The van der Waals surface area contributed by atoms with Crippen LogP contribution in [0.15, 0.2) is 77.7 Å². The lowest BCUT2D eigenvalue weighted by Crippen LogP contribution is -2.38. The Labute approximate surface area is 256 Å². The van der Waals surface area contributed by atoms with Gasteiger partial charge in [-0.15, -0.1) is 11.8 Å². The third kappa shape index (κ3) is 9.14. The highest BCUT2D eigenvalue weighted by Gasteiger charge is 2.38. The number of esters is 1. The molecular weight excluding hydrogens is 568 g/mol. The van der Waals surface area contributed by atoms with Crippen LogP contribution < -0.4 is 10.6 Å². The van der Waals surface area contributed by atoms with Gasteiger partial charge in [-0.25, -0.2) is 0 Å². The summed E-state index contributed by atoms with van der Waals surface area (Å²) >= 11 is 1.68. The molecule has 0 saturated carbocycles. The van der Waals surface area contributed by atoms with Gasteiger partial charge >= 0.3 is 5.97 Å². The zero-order valence-corrected chi connectivity index (χ0v) is 25.6. The molecule has 2 amide bonds. The first-order valence-electron chi connectivity index (χ1n) is 14.2. The van der Waals surface area contributed by atoms with Crippen molar-refractivity contribution in [3.8, 4) is 0 Å². The summed E-state index contributed by atoms with van der Waals surface area (Å²) in [5.41, 5.74) is 4.32. The lowest BCUT2D eigenvalue weighted by Gasteiger charge is -2.41. The normalized spacial score (nSPS) is 20.6. The number of carbonyl (C=O) groups is 3. The Morgan fingerprint density at radius 1 is 0.907 bits per heavy atom. The van der Waals surface area contributed by atoms with Crippen molar-refractivity contribution in [1.82, 2.24) is 5.32 Å². The second-order valence-electron chi connectivity index (χ2n) is 10.5. The third-order valence-corrected chi connectivity index (χ3v) is 8.24. The summed E-state index contributed by atoms with van der Waals surface area (Å²) < 4.78 is 18.0. The molecule has 10 heteroatoms. The second kappa shape index (κ2) is 15.2. The molecule has 228 valence electrons. The molecule has 3 N–H and O–H groups in total. The van der Waals surface area contributed by atoms with Gasteiger partial charge in [-0.05, 0) is 47.9 Å². The van der Waals surface area contributed by atoms with Crippen LogP contribution in [0.2, 0.25) is 0 Å². The fourth-order valence-electron chi connectivity index (χ4n) is 4.75. The van der Waals surface area contributed by atoms with E-state index in [1.807, 2.05) is 72.8 Å². The highest BCUT2D eigenvalue weighted by molar-refractivity contribution is 7.99. The molecule has 43 heavy (non-hydrogen) atoms. The largest absolute Gasteiger partial charge is 0.453 e. The third-order valence-electron chi connectivity index (χ3n) is 7.14. The van der Waals surface area contributed by atoms with Crippen LogP contribution in [0.5, 0.6) is 0 Å². The molecule has 9 nitrogen and oxygen atoms in total. The molecule has 0 spiro atoms. The molecular formula is C33H38N2O7S. The highest BCUT2D eigenvalue weighted by atomic mass is 32.2. The summed E-state index contributed by atoms with van der Waals surface area (Å²) in [5, 5.41) is 15.1. The van der Waals surface area contributed by atoms with E-state index in [2.05, 4.69) is 17.6 Å². The number of hydrogen-bond acceptors (Lipinski definition) is 8. The molecule has 0 aliphatic carbocycles. The number of anilines is 1. The lowest BCUT2D eigenvalue weighted by atomic mass is 9.91. The number of thioether (sulfide) groups is 1. The van der Waals surface area contributed by atoms with E-state index in [1.54, 1.807) is 11.8 Å². The van der Waals surface area contributed by atoms with Gasteiger partial charge in [0, 0.05) is 48.2 Å². The zero-order chi connectivity index (χ0) is 30.9. The smallest absolute Gasteiger partial charge is 0.303 e. The number of benzene rings is 3. The highest BCUT2D eigenvalue weighted by Crippen LogP contribution is 2.43. The van der Waals surface area contributed by atoms with Crippen LogP contribution in [0.3, 0.4) is 0 Å². The van der Waals surface area contributed by atoms with E-state index in [0.717, 1.165) is 32.8 Å². The molecule has 1 fully saturated rings. The van der Waals surface area contributed by atoms with E-state index in [0.29, 0.717) is 5.75 Å². The van der Waals surface area contributed by atoms with E-state index >= 15 is 0 Å². The van der Waals surface area contributed by atoms with E-state index in [9.17, 15) is 19.5 Å². The maximum atomic E-state index is 12.2. The summed E-state index contributed by atoms with van der Waals surface area (Å²) in [6.45, 7) is 6.66. The number of aliphatic hydroxyl groups is 1. The van der Waals surface area contributed by atoms with Gasteiger partial charge in [-0.1, -0.05) is 55.5 Å². The van der Waals surface area contributed by atoms with Crippen molar-refractivity contribution in [2.45, 2.75) is 70.3 Å². The Hall–Kier alpha value is -3.70. The molecule has 1 unspecified atom stereocenters. The lowest BCUT2D eigenvalue weighted by molar-refractivity contribution is -0.268. The van der Waals surface area contributed by atoms with Crippen molar-refractivity contribution >= 4 is 35.2 Å². The Bertz CT molecular complexity index is 1380. The first kappa shape index (κ1) is 32.2. The van der Waals surface area contributed by atoms with Gasteiger partial charge in [-0.3, -0.25) is 14.4 Å². The maximum absolute atomic E-state index is 12.2. The number of carbonyl (C=O) groups excluding carboxylic acids is 3. The molecule has 3 aromatic rings. The van der Waals surface area contributed by atoms with Gasteiger partial charge in [0.2, 0.25) is 5.91 Å². The van der Waals surface area contributed by atoms with Gasteiger partial charge in [0.25, 0.3) is 5.91 Å². The molecule has 4 rings (SSSR count). The number of aliphatic hydroxyl groups excluding tert-OH is 1. The van der Waals surface area contributed by atoms with Crippen molar-refractivity contribution < 1.29 is 33.7 Å². The van der Waals surface area contributed by atoms with E-state index in [1.165, 1.54) is 20.8 Å². The number of hydrogen-bond donors (Lipinski definition) is 3. The summed E-state index contributed by atoms with van der Waals surface area (Å²) in [6.07, 6.45) is -1.85. The fraction of sp³-hybridized carbons (Fsp3) is 0.364. The van der Waals surface area contributed by atoms with Crippen molar-refractivity contribution in [3.05, 3.63) is 95.1 Å². The molecule has 0 radical (unpaired) electrons. The summed E-state index contributed by atoms with van der Waals surface area (Å²) in [7, 11) is 0. The molecule has 1 aliphatic rings. The molecule has 3 aromatic carbocycles. The zero-order valence-electron chi connectivity index (χ0n) is 24.7. The molecule has 1 aliphatic heterocycles. The SMILES string of the molecule is CC(=O)Nc1ccc(SC[C@H]2OC(c3ccc(CNC(=O)[C@H](C)OC(C)=O)cc3)O[C@@H](c3ccc(CO)cc3)[C@H]2C)cc1. The topological polar surface area (TPSA) is 123 Å². The number of nitrogens with one attached hydrogen (secondary N) is 2. The van der Waals surface area contributed by atoms with Crippen LogP contribution in [0.1, 0.15) is 62.3 Å². The maximum Gasteiger partial charge on any atom is 0.303 e. The minimum Gasteiger partial charge on any atom is -0.453 e. The number of amides is 2. The van der Waals surface area contributed by atoms with E-state index in [-0.39, 0.29) is 43.1 Å². The van der Waals surface area contributed by atoms with E-state index < -0.39 is 18.4 Å². The molecule has 1 saturated heterocycles. The number of ether oxygens (including phenoxy) is 3. The quantitative estimate of drug-likeness (QED) is 0.199. The first-order chi connectivity index (χ1) is 20.6. The van der Waals surface area contributed by atoms with Crippen LogP contribution in [-0.2, 0) is 41.7 Å². The monoisotopic (exact) mass is 606 g/mol. The minimum absolute atomic E-state index is 0.0252. The van der Waals surface area contributed by atoms with Gasteiger partial charge in [0.1, 0.15) is 0 Å².